The number of carbonyl (C=O) groups excluding carboxylic acids is 1. The molecule has 3 aromatic rings. The van der Waals surface area contributed by atoms with Crippen molar-refractivity contribution in [2.75, 3.05) is 5.32 Å². The lowest BCUT2D eigenvalue weighted by molar-refractivity contribution is 0.102. The van der Waals surface area contributed by atoms with Gasteiger partial charge in [-0.25, -0.2) is 4.98 Å². The minimum absolute atomic E-state index is 0.159. The smallest absolute Gasteiger partial charge is 0.257 e. The van der Waals surface area contributed by atoms with E-state index in [-0.39, 0.29) is 5.91 Å². The highest BCUT2D eigenvalue weighted by atomic mass is 35.5. The molecular formula is C15H11ClN2OS. The maximum atomic E-state index is 12.1. The number of rotatable bonds is 2. The molecule has 3 rings (SSSR count). The molecule has 0 fully saturated rings. The number of halogens is 1. The molecule has 20 heavy (non-hydrogen) atoms. The van der Waals surface area contributed by atoms with Gasteiger partial charge < -0.3 is 0 Å². The topological polar surface area (TPSA) is 42.0 Å². The van der Waals surface area contributed by atoms with Crippen LogP contribution in [0.1, 0.15) is 15.9 Å². The fourth-order valence-electron chi connectivity index (χ4n) is 1.91. The number of nitrogens with one attached hydrogen (secondary N) is 1. The van der Waals surface area contributed by atoms with Crippen molar-refractivity contribution in [1.29, 1.82) is 0 Å². The minimum atomic E-state index is -0.159. The van der Waals surface area contributed by atoms with Crippen molar-refractivity contribution >= 4 is 44.2 Å². The Hall–Kier alpha value is -1.91. The number of nitrogens with zero attached hydrogens (tertiary/aromatic N) is 1. The van der Waals surface area contributed by atoms with E-state index in [0.29, 0.717) is 15.7 Å². The Bertz CT molecular complexity index is 783. The molecule has 1 aromatic heterocycles. The van der Waals surface area contributed by atoms with Crippen LogP contribution < -0.4 is 5.32 Å². The summed E-state index contributed by atoms with van der Waals surface area (Å²) in [5, 5.41) is 4.09. The van der Waals surface area contributed by atoms with E-state index in [1.54, 1.807) is 12.1 Å². The number of anilines is 1. The van der Waals surface area contributed by atoms with Gasteiger partial charge in [0.25, 0.3) is 5.91 Å². The molecule has 0 radical (unpaired) electrons. The Morgan fingerprint density at radius 1 is 1.20 bits per heavy atom. The molecule has 0 aliphatic heterocycles. The molecule has 2 aromatic carbocycles. The summed E-state index contributed by atoms with van der Waals surface area (Å²) in [6.07, 6.45) is 0. The van der Waals surface area contributed by atoms with E-state index in [0.717, 1.165) is 15.8 Å². The first-order valence-electron chi connectivity index (χ1n) is 6.07. The number of hydrogen-bond donors (Lipinski definition) is 1. The number of aromatic nitrogens is 1. The number of benzene rings is 2. The van der Waals surface area contributed by atoms with Gasteiger partial charge in [0.2, 0.25) is 0 Å². The van der Waals surface area contributed by atoms with Crippen molar-refractivity contribution in [3.05, 3.63) is 58.6 Å². The zero-order chi connectivity index (χ0) is 14.1. The van der Waals surface area contributed by atoms with Gasteiger partial charge in [-0.2, -0.15) is 0 Å². The summed E-state index contributed by atoms with van der Waals surface area (Å²) in [6, 6.07) is 12.8. The number of hydrogen-bond acceptors (Lipinski definition) is 3. The Morgan fingerprint density at radius 2 is 1.95 bits per heavy atom. The zero-order valence-electron chi connectivity index (χ0n) is 10.7. The summed E-state index contributed by atoms with van der Waals surface area (Å²) < 4.78 is 1.01. The van der Waals surface area contributed by atoms with E-state index >= 15 is 0 Å². The maximum absolute atomic E-state index is 12.1. The van der Waals surface area contributed by atoms with Crippen LogP contribution in [0, 0.1) is 6.92 Å². The van der Waals surface area contributed by atoms with Crippen LogP contribution in [0.4, 0.5) is 5.13 Å². The molecular weight excluding hydrogens is 292 g/mol. The fourth-order valence-corrected chi connectivity index (χ4v) is 2.99. The molecule has 0 saturated heterocycles. The average molecular weight is 303 g/mol. The SMILES string of the molecule is Cc1c(Cl)ccc2sc(NC(=O)c3ccccc3)nc12. The third-order valence-corrected chi connectivity index (χ3v) is 4.35. The van der Waals surface area contributed by atoms with Crippen LogP contribution in [-0.4, -0.2) is 10.9 Å². The Balaban J connectivity index is 1.92. The third-order valence-electron chi connectivity index (χ3n) is 3.00. The summed E-state index contributed by atoms with van der Waals surface area (Å²) in [5.41, 5.74) is 2.38. The molecule has 1 N–H and O–H groups in total. The van der Waals surface area contributed by atoms with Gasteiger partial charge in [0, 0.05) is 10.6 Å². The molecule has 0 saturated carbocycles. The molecule has 0 spiro atoms. The van der Waals surface area contributed by atoms with Gasteiger partial charge in [0.05, 0.1) is 10.2 Å². The van der Waals surface area contributed by atoms with Crippen LogP contribution >= 0.6 is 22.9 Å². The Labute approximate surface area is 125 Å². The van der Waals surface area contributed by atoms with Gasteiger partial charge in [-0.15, -0.1) is 0 Å². The number of carbonyl (C=O) groups is 1. The van der Waals surface area contributed by atoms with Crippen molar-refractivity contribution in [2.45, 2.75) is 6.92 Å². The monoisotopic (exact) mass is 302 g/mol. The lowest BCUT2D eigenvalue weighted by Crippen LogP contribution is -2.11. The fraction of sp³-hybridized carbons (Fsp3) is 0.0667. The second kappa shape index (κ2) is 5.23. The molecule has 0 aliphatic rings. The standard InChI is InChI=1S/C15H11ClN2OS/c1-9-11(16)7-8-12-13(9)17-15(20-12)18-14(19)10-5-3-2-4-6-10/h2-8H,1H3,(H,17,18,19). The summed E-state index contributed by atoms with van der Waals surface area (Å²) in [5.74, 6) is -0.159. The zero-order valence-corrected chi connectivity index (χ0v) is 12.3. The predicted octanol–water partition coefficient (Wildman–Crippen LogP) is 4.51. The van der Waals surface area contributed by atoms with Crippen molar-refractivity contribution in [3.8, 4) is 0 Å². The average Bonchev–Trinajstić information content (AvgIpc) is 2.87. The van der Waals surface area contributed by atoms with Gasteiger partial charge in [-0.3, -0.25) is 10.1 Å². The first-order valence-corrected chi connectivity index (χ1v) is 7.26. The van der Waals surface area contributed by atoms with E-state index in [1.165, 1.54) is 11.3 Å². The van der Waals surface area contributed by atoms with Gasteiger partial charge >= 0.3 is 0 Å². The molecule has 5 heteroatoms. The first kappa shape index (κ1) is 13.1. The highest BCUT2D eigenvalue weighted by molar-refractivity contribution is 7.22. The van der Waals surface area contributed by atoms with E-state index in [9.17, 15) is 4.79 Å². The molecule has 0 unspecified atom stereocenters. The summed E-state index contributed by atoms with van der Waals surface area (Å²) in [7, 11) is 0. The second-order valence-electron chi connectivity index (χ2n) is 4.36. The van der Waals surface area contributed by atoms with Crippen LogP contribution in [-0.2, 0) is 0 Å². The highest BCUT2D eigenvalue weighted by Gasteiger charge is 2.11. The number of thiazole rings is 1. The summed E-state index contributed by atoms with van der Waals surface area (Å²) in [4.78, 5) is 16.5. The normalized spacial score (nSPS) is 10.7. The van der Waals surface area contributed by atoms with Crippen LogP contribution in [0.15, 0.2) is 42.5 Å². The summed E-state index contributed by atoms with van der Waals surface area (Å²) >= 11 is 7.52. The van der Waals surface area contributed by atoms with Crippen molar-refractivity contribution in [3.63, 3.8) is 0 Å². The quantitative estimate of drug-likeness (QED) is 0.756. The van der Waals surface area contributed by atoms with E-state index in [1.807, 2.05) is 37.3 Å². The van der Waals surface area contributed by atoms with Crippen molar-refractivity contribution < 1.29 is 4.79 Å². The lowest BCUT2D eigenvalue weighted by Gasteiger charge is -2.00. The molecule has 0 atom stereocenters. The largest absolute Gasteiger partial charge is 0.298 e. The van der Waals surface area contributed by atoms with Crippen LogP contribution in [0.3, 0.4) is 0 Å². The van der Waals surface area contributed by atoms with Crippen LogP contribution in [0.2, 0.25) is 5.02 Å². The lowest BCUT2D eigenvalue weighted by atomic mass is 10.2. The van der Waals surface area contributed by atoms with Gasteiger partial charge in [-0.1, -0.05) is 41.1 Å². The van der Waals surface area contributed by atoms with E-state index in [2.05, 4.69) is 10.3 Å². The molecule has 100 valence electrons. The van der Waals surface area contributed by atoms with Gasteiger partial charge in [0.1, 0.15) is 0 Å². The van der Waals surface area contributed by atoms with Crippen molar-refractivity contribution in [1.82, 2.24) is 4.98 Å². The van der Waals surface area contributed by atoms with Crippen LogP contribution in [0.5, 0.6) is 0 Å². The van der Waals surface area contributed by atoms with Gasteiger partial charge in [0.15, 0.2) is 5.13 Å². The number of fused-ring (bicyclic) bond motifs is 1. The molecule has 0 bridgehead atoms. The van der Waals surface area contributed by atoms with E-state index in [4.69, 9.17) is 11.6 Å². The Morgan fingerprint density at radius 3 is 2.70 bits per heavy atom. The highest BCUT2D eigenvalue weighted by Crippen LogP contribution is 2.31. The molecule has 0 aliphatic carbocycles. The van der Waals surface area contributed by atoms with Crippen molar-refractivity contribution in [2.24, 2.45) is 0 Å². The van der Waals surface area contributed by atoms with Gasteiger partial charge in [-0.05, 0) is 36.8 Å². The number of amides is 1. The molecule has 1 amide bonds. The predicted molar refractivity (Wildman–Crippen MR) is 83.8 cm³/mol. The van der Waals surface area contributed by atoms with E-state index < -0.39 is 0 Å². The minimum Gasteiger partial charge on any atom is -0.298 e. The Kier molecular flexibility index (Phi) is 3.42. The number of aryl methyl sites for hydroxylation is 1. The molecule has 1 heterocycles. The van der Waals surface area contributed by atoms with Crippen LogP contribution in [0.25, 0.3) is 10.2 Å². The molecule has 3 nitrogen and oxygen atoms in total. The first-order chi connectivity index (χ1) is 9.65. The summed E-state index contributed by atoms with van der Waals surface area (Å²) in [6.45, 7) is 1.92. The third kappa shape index (κ3) is 2.40. The maximum Gasteiger partial charge on any atom is 0.257 e. The second-order valence-corrected chi connectivity index (χ2v) is 5.80.